The minimum atomic E-state index is -4.10. The molecule has 1 aliphatic heterocycles. The van der Waals surface area contributed by atoms with Crippen LogP contribution >= 0.6 is 23.4 Å². The van der Waals surface area contributed by atoms with Crippen molar-refractivity contribution in [3.05, 3.63) is 58.1 Å². The van der Waals surface area contributed by atoms with Gasteiger partial charge in [-0.05, 0) is 50.1 Å². The number of thioether (sulfide) groups is 1. The predicted octanol–water partition coefficient (Wildman–Crippen LogP) is 3.67. The number of hydrogen-bond donors (Lipinski definition) is 1. The third kappa shape index (κ3) is 4.98. The van der Waals surface area contributed by atoms with Crippen LogP contribution in [0.3, 0.4) is 0 Å². The standard InChI is InChI=1S/C19H18ClN3O4S2/c1-11-7-8-15(9-16(11)20)29(25,26)27-17-12(2)5-4-6-14(17)10-21-23-19-22-18(24)13(3)28-19/h4-10,13H,1-3H3,(H,22,23,24)/b21-10+. The first-order chi connectivity index (χ1) is 13.7. The minimum Gasteiger partial charge on any atom is -0.378 e. The highest BCUT2D eigenvalue weighted by Gasteiger charge is 2.25. The van der Waals surface area contributed by atoms with Gasteiger partial charge >= 0.3 is 10.1 Å². The summed E-state index contributed by atoms with van der Waals surface area (Å²) in [6.07, 6.45) is 1.38. The summed E-state index contributed by atoms with van der Waals surface area (Å²) in [5.74, 6) is 0.0102. The molecular formula is C19H18ClN3O4S2. The van der Waals surface area contributed by atoms with Gasteiger partial charge in [0.05, 0.1) is 11.5 Å². The second-order valence-electron chi connectivity index (χ2n) is 6.34. The molecule has 1 aliphatic rings. The molecule has 1 amide bonds. The fourth-order valence-corrected chi connectivity index (χ4v) is 4.47. The van der Waals surface area contributed by atoms with E-state index in [4.69, 9.17) is 15.8 Å². The van der Waals surface area contributed by atoms with Gasteiger partial charge in [0.15, 0.2) is 10.9 Å². The number of carbonyl (C=O) groups is 1. The Balaban J connectivity index is 1.88. The lowest BCUT2D eigenvalue weighted by atomic mass is 10.1. The number of hydrogen-bond acceptors (Lipinski definition) is 7. The zero-order chi connectivity index (χ0) is 21.2. The average molecular weight is 452 g/mol. The van der Waals surface area contributed by atoms with E-state index in [-0.39, 0.29) is 21.8 Å². The minimum absolute atomic E-state index is 0.0430. The second kappa shape index (κ2) is 8.56. The van der Waals surface area contributed by atoms with Crippen LogP contribution in [0, 0.1) is 13.8 Å². The van der Waals surface area contributed by atoms with Crippen LogP contribution in [0.25, 0.3) is 0 Å². The Morgan fingerprint density at radius 1 is 1.21 bits per heavy atom. The molecule has 1 atom stereocenters. The number of rotatable bonds is 5. The summed E-state index contributed by atoms with van der Waals surface area (Å²) in [5, 5.41) is 11.0. The van der Waals surface area contributed by atoms with Gasteiger partial charge in [0.25, 0.3) is 0 Å². The summed E-state index contributed by atoms with van der Waals surface area (Å²) in [6, 6.07) is 9.54. The first kappa shape index (κ1) is 21.4. The van der Waals surface area contributed by atoms with Gasteiger partial charge in [-0.25, -0.2) is 0 Å². The molecule has 10 heteroatoms. The van der Waals surface area contributed by atoms with Gasteiger partial charge < -0.3 is 9.50 Å². The summed E-state index contributed by atoms with van der Waals surface area (Å²) in [4.78, 5) is 11.4. The molecule has 0 aliphatic carbocycles. The highest BCUT2D eigenvalue weighted by Crippen LogP contribution is 2.28. The molecule has 7 nitrogen and oxygen atoms in total. The van der Waals surface area contributed by atoms with Crippen LogP contribution in [-0.4, -0.2) is 31.0 Å². The van der Waals surface area contributed by atoms with Gasteiger partial charge in [0, 0.05) is 10.6 Å². The number of carbonyl (C=O) groups excluding carboxylic acids is 1. The van der Waals surface area contributed by atoms with Gasteiger partial charge in [0.2, 0.25) is 5.91 Å². The van der Waals surface area contributed by atoms with Gasteiger partial charge in [-0.2, -0.15) is 13.5 Å². The lowest BCUT2D eigenvalue weighted by molar-refractivity contribution is -0.118. The maximum atomic E-state index is 12.7. The molecule has 1 saturated heterocycles. The fourth-order valence-electron chi connectivity index (χ4n) is 2.43. The van der Waals surface area contributed by atoms with Gasteiger partial charge in [0.1, 0.15) is 4.90 Å². The van der Waals surface area contributed by atoms with Crippen molar-refractivity contribution in [3.63, 3.8) is 0 Å². The SMILES string of the molecule is Cc1ccc(S(=O)(=O)Oc2c(C)cccc2/C=N/N=C2/NC(=O)C(C)S2)cc1Cl. The van der Waals surface area contributed by atoms with E-state index in [1.165, 1.54) is 30.1 Å². The van der Waals surface area contributed by atoms with Crippen molar-refractivity contribution < 1.29 is 17.4 Å². The summed E-state index contributed by atoms with van der Waals surface area (Å²) in [5.41, 5.74) is 1.80. The van der Waals surface area contributed by atoms with E-state index in [2.05, 4.69) is 15.5 Å². The van der Waals surface area contributed by atoms with Gasteiger partial charge in [-0.15, -0.1) is 5.10 Å². The van der Waals surface area contributed by atoms with Crippen molar-refractivity contribution in [2.75, 3.05) is 0 Å². The van der Waals surface area contributed by atoms with Crippen LogP contribution in [0.4, 0.5) is 0 Å². The largest absolute Gasteiger partial charge is 0.378 e. The Morgan fingerprint density at radius 3 is 2.62 bits per heavy atom. The van der Waals surface area contributed by atoms with Crippen molar-refractivity contribution >= 4 is 50.8 Å². The van der Waals surface area contributed by atoms with Crippen LogP contribution in [0.2, 0.25) is 5.02 Å². The molecule has 1 heterocycles. The Kier molecular flexibility index (Phi) is 6.30. The molecule has 0 bridgehead atoms. The molecule has 2 aromatic carbocycles. The molecule has 0 radical (unpaired) electrons. The zero-order valence-corrected chi connectivity index (χ0v) is 18.2. The molecule has 1 unspecified atom stereocenters. The Morgan fingerprint density at radius 2 is 1.97 bits per heavy atom. The van der Waals surface area contributed by atoms with E-state index in [1.807, 2.05) is 0 Å². The lowest BCUT2D eigenvalue weighted by Crippen LogP contribution is -2.23. The number of benzene rings is 2. The molecule has 0 saturated carbocycles. The Labute approximate surface area is 178 Å². The number of amidine groups is 1. The van der Waals surface area contributed by atoms with E-state index in [9.17, 15) is 13.2 Å². The maximum absolute atomic E-state index is 12.7. The molecule has 1 fully saturated rings. The van der Waals surface area contributed by atoms with Crippen LogP contribution in [0.5, 0.6) is 5.75 Å². The number of amides is 1. The normalized spacial score (nSPS) is 18.4. The number of nitrogens with zero attached hydrogens (tertiary/aromatic N) is 2. The first-order valence-electron chi connectivity index (χ1n) is 8.56. The van der Waals surface area contributed by atoms with Crippen molar-refractivity contribution in [2.24, 2.45) is 10.2 Å². The van der Waals surface area contributed by atoms with Crippen LogP contribution in [-0.2, 0) is 14.9 Å². The Hall–Kier alpha value is -2.36. The highest BCUT2D eigenvalue weighted by molar-refractivity contribution is 8.15. The summed E-state index contributed by atoms with van der Waals surface area (Å²) in [6.45, 7) is 5.27. The molecule has 152 valence electrons. The van der Waals surface area contributed by atoms with Gasteiger partial charge in [-0.1, -0.05) is 41.6 Å². The second-order valence-corrected chi connectivity index (χ2v) is 9.62. The molecule has 2 aromatic rings. The Bertz CT molecular complexity index is 1130. The van der Waals surface area contributed by atoms with Crippen LogP contribution < -0.4 is 9.50 Å². The summed E-state index contributed by atoms with van der Waals surface area (Å²) >= 11 is 7.31. The highest BCUT2D eigenvalue weighted by atomic mass is 35.5. The van der Waals surface area contributed by atoms with E-state index in [0.717, 1.165) is 5.56 Å². The average Bonchev–Trinajstić information content (AvgIpc) is 2.97. The van der Waals surface area contributed by atoms with Crippen molar-refractivity contribution in [3.8, 4) is 5.75 Å². The van der Waals surface area contributed by atoms with Gasteiger partial charge in [-0.3, -0.25) is 4.79 Å². The third-order valence-electron chi connectivity index (χ3n) is 4.10. The molecule has 29 heavy (non-hydrogen) atoms. The smallest absolute Gasteiger partial charge is 0.339 e. The fraction of sp³-hybridized carbons (Fsp3) is 0.211. The number of aryl methyl sites for hydroxylation is 2. The van der Waals surface area contributed by atoms with E-state index < -0.39 is 10.1 Å². The molecule has 0 aromatic heterocycles. The monoisotopic (exact) mass is 451 g/mol. The van der Waals surface area contributed by atoms with E-state index in [0.29, 0.717) is 21.3 Å². The molecule has 3 rings (SSSR count). The lowest BCUT2D eigenvalue weighted by Gasteiger charge is -2.12. The number of para-hydroxylation sites is 1. The maximum Gasteiger partial charge on any atom is 0.339 e. The van der Waals surface area contributed by atoms with E-state index >= 15 is 0 Å². The number of nitrogens with one attached hydrogen (secondary N) is 1. The number of halogens is 1. The summed E-state index contributed by atoms with van der Waals surface area (Å²) < 4.78 is 30.8. The molecule has 0 spiro atoms. The van der Waals surface area contributed by atoms with Crippen LogP contribution in [0.1, 0.15) is 23.6 Å². The molecule has 1 N–H and O–H groups in total. The quantitative estimate of drug-likeness (QED) is 0.425. The third-order valence-corrected chi connectivity index (χ3v) is 6.70. The summed E-state index contributed by atoms with van der Waals surface area (Å²) in [7, 11) is -4.10. The topological polar surface area (TPSA) is 97.2 Å². The van der Waals surface area contributed by atoms with Crippen molar-refractivity contribution in [2.45, 2.75) is 30.9 Å². The van der Waals surface area contributed by atoms with Crippen molar-refractivity contribution in [1.29, 1.82) is 0 Å². The first-order valence-corrected chi connectivity index (χ1v) is 11.2. The molecular weight excluding hydrogens is 434 g/mol. The zero-order valence-electron chi connectivity index (χ0n) is 15.8. The van der Waals surface area contributed by atoms with Crippen molar-refractivity contribution in [1.82, 2.24) is 5.32 Å². The predicted molar refractivity (Wildman–Crippen MR) is 115 cm³/mol. The van der Waals surface area contributed by atoms with Crippen LogP contribution in [0.15, 0.2) is 51.5 Å². The van der Waals surface area contributed by atoms with E-state index in [1.54, 1.807) is 45.0 Å².